The van der Waals surface area contributed by atoms with Crippen molar-refractivity contribution in [1.29, 1.82) is 0 Å². The van der Waals surface area contributed by atoms with Gasteiger partial charge in [-0.15, -0.1) is 0 Å². The molecule has 1 aliphatic rings. The average Bonchev–Trinajstić information content (AvgIpc) is 2.29. The molecule has 0 aliphatic carbocycles. The van der Waals surface area contributed by atoms with Gasteiger partial charge >= 0.3 is 0 Å². The van der Waals surface area contributed by atoms with Crippen molar-refractivity contribution in [3.8, 4) is 5.75 Å². The van der Waals surface area contributed by atoms with E-state index in [0.717, 1.165) is 24.6 Å². The van der Waals surface area contributed by atoms with E-state index in [1.54, 1.807) is 7.11 Å². The standard InChI is InChI=1S/C14H20BrNO/c1-9(2)6-10-7-11-12(8-16-10)14(17-3)5-4-13(11)15/h4-5,9-10,16H,6-8H2,1-3H3. The molecule has 1 unspecified atom stereocenters. The Morgan fingerprint density at radius 2 is 2.18 bits per heavy atom. The second-order valence-corrected chi connectivity index (χ2v) is 5.97. The van der Waals surface area contributed by atoms with Gasteiger partial charge in [0, 0.05) is 22.6 Å². The molecule has 17 heavy (non-hydrogen) atoms. The summed E-state index contributed by atoms with van der Waals surface area (Å²) in [6.45, 7) is 5.46. The van der Waals surface area contributed by atoms with Gasteiger partial charge in [0.1, 0.15) is 5.75 Å². The molecular weight excluding hydrogens is 278 g/mol. The maximum absolute atomic E-state index is 5.42. The summed E-state index contributed by atoms with van der Waals surface area (Å²) in [7, 11) is 1.74. The number of methoxy groups -OCH3 is 1. The molecule has 0 amide bonds. The number of fused-ring (bicyclic) bond motifs is 1. The Balaban J connectivity index is 2.25. The van der Waals surface area contributed by atoms with E-state index in [2.05, 4.69) is 41.2 Å². The summed E-state index contributed by atoms with van der Waals surface area (Å²) in [4.78, 5) is 0. The first-order chi connectivity index (χ1) is 8.11. The van der Waals surface area contributed by atoms with Crippen molar-refractivity contribution in [3.63, 3.8) is 0 Å². The topological polar surface area (TPSA) is 21.3 Å². The Kier molecular flexibility index (Phi) is 4.10. The summed E-state index contributed by atoms with van der Waals surface area (Å²) >= 11 is 3.66. The predicted molar refractivity (Wildman–Crippen MR) is 74.5 cm³/mol. The van der Waals surface area contributed by atoms with Crippen LogP contribution in [0.15, 0.2) is 16.6 Å². The molecule has 2 nitrogen and oxygen atoms in total. The van der Waals surface area contributed by atoms with Crippen LogP contribution in [0.2, 0.25) is 0 Å². The Morgan fingerprint density at radius 1 is 1.41 bits per heavy atom. The van der Waals surface area contributed by atoms with Crippen molar-refractivity contribution in [2.75, 3.05) is 7.11 Å². The largest absolute Gasteiger partial charge is 0.496 e. The average molecular weight is 298 g/mol. The van der Waals surface area contributed by atoms with Crippen LogP contribution in [0.1, 0.15) is 31.4 Å². The van der Waals surface area contributed by atoms with Crippen LogP contribution in [-0.2, 0) is 13.0 Å². The van der Waals surface area contributed by atoms with E-state index in [0.29, 0.717) is 6.04 Å². The highest BCUT2D eigenvalue weighted by molar-refractivity contribution is 9.10. The van der Waals surface area contributed by atoms with Crippen LogP contribution < -0.4 is 10.1 Å². The molecule has 1 aromatic rings. The minimum absolute atomic E-state index is 0.589. The van der Waals surface area contributed by atoms with E-state index in [9.17, 15) is 0 Å². The quantitative estimate of drug-likeness (QED) is 0.922. The van der Waals surface area contributed by atoms with Gasteiger partial charge in [-0.2, -0.15) is 0 Å². The van der Waals surface area contributed by atoms with Crippen LogP contribution in [0.3, 0.4) is 0 Å². The van der Waals surface area contributed by atoms with Crippen molar-refractivity contribution >= 4 is 15.9 Å². The summed E-state index contributed by atoms with van der Waals surface area (Å²) in [5.41, 5.74) is 2.72. The maximum atomic E-state index is 5.42. The summed E-state index contributed by atoms with van der Waals surface area (Å²) in [5, 5.41) is 3.61. The van der Waals surface area contributed by atoms with Gasteiger partial charge in [-0.25, -0.2) is 0 Å². The molecule has 0 radical (unpaired) electrons. The fourth-order valence-corrected chi connectivity index (χ4v) is 3.08. The van der Waals surface area contributed by atoms with Crippen molar-refractivity contribution < 1.29 is 4.74 Å². The fraction of sp³-hybridized carbons (Fsp3) is 0.571. The number of hydrogen-bond donors (Lipinski definition) is 1. The number of rotatable bonds is 3. The molecule has 0 bridgehead atoms. The SMILES string of the molecule is COc1ccc(Br)c2c1CNC(CC(C)C)C2. The zero-order valence-electron chi connectivity index (χ0n) is 10.7. The van der Waals surface area contributed by atoms with Gasteiger partial charge in [0.05, 0.1) is 7.11 Å². The monoisotopic (exact) mass is 297 g/mol. The van der Waals surface area contributed by atoms with Gasteiger partial charge in [0.15, 0.2) is 0 Å². The summed E-state index contributed by atoms with van der Waals surface area (Å²) in [6, 6.07) is 4.72. The molecule has 1 aromatic carbocycles. The van der Waals surface area contributed by atoms with E-state index < -0.39 is 0 Å². The van der Waals surface area contributed by atoms with E-state index in [1.165, 1.54) is 22.0 Å². The molecule has 94 valence electrons. The minimum Gasteiger partial charge on any atom is -0.496 e. The van der Waals surface area contributed by atoms with Crippen LogP contribution in [0.5, 0.6) is 5.75 Å². The molecule has 0 saturated heterocycles. The third-order valence-electron chi connectivity index (χ3n) is 3.32. The Bertz CT molecular complexity index is 403. The smallest absolute Gasteiger partial charge is 0.123 e. The first kappa shape index (κ1) is 12.9. The van der Waals surface area contributed by atoms with Crippen LogP contribution in [-0.4, -0.2) is 13.2 Å². The lowest BCUT2D eigenvalue weighted by atomic mass is 9.90. The van der Waals surface area contributed by atoms with Crippen LogP contribution in [0.25, 0.3) is 0 Å². The fourth-order valence-electron chi connectivity index (χ4n) is 2.55. The van der Waals surface area contributed by atoms with E-state index in [4.69, 9.17) is 4.74 Å². The number of hydrogen-bond acceptors (Lipinski definition) is 2. The molecule has 1 atom stereocenters. The van der Waals surface area contributed by atoms with Gasteiger partial charge in [-0.05, 0) is 36.5 Å². The van der Waals surface area contributed by atoms with Crippen molar-refractivity contribution in [2.24, 2.45) is 5.92 Å². The van der Waals surface area contributed by atoms with Crippen LogP contribution in [0, 0.1) is 5.92 Å². The highest BCUT2D eigenvalue weighted by Crippen LogP contribution is 2.33. The lowest BCUT2D eigenvalue weighted by Crippen LogP contribution is -2.36. The molecule has 0 spiro atoms. The predicted octanol–water partition coefficient (Wildman–Crippen LogP) is 3.52. The minimum atomic E-state index is 0.589. The summed E-state index contributed by atoms with van der Waals surface area (Å²) in [6.07, 6.45) is 2.31. The Hall–Kier alpha value is -0.540. The second-order valence-electron chi connectivity index (χ2n) is 5.12. The van der Waals surface area contributed by atoms with Gasteiger partial charge in [0.25, 0.3) is 0 Å². The van der Waals surface area contributed by atoms with E-state index in [-0.39, 0.29) is 0 Å². The van der Waals surface area contributed by atoms with Gasteiger partial charge in [0.2, 0.25) is 0 Å². The molecule has 3 heteroatoms. The number of ether oxygens (including phenoxy) is 1. The molecular formula is C14H20BrNO. The van der Waals surface area contributed by atoms with Crippen molar-refractivity contribution in [2.45, 2.75) is 39.3 Å². The lowest BCUT2D eigenvalue weighted by molar-refractivity contribution is 0.374. The van der Waals surface area contributed by atoms with Gasteiger partial charge in [-0.3, -0.25) is 0 Å². The van der Waals surface area contributed by atoms with Crippen LogP contribution in [0.4, 0.5) is 0 Å². The molecule has 1 heterocycles. The Labute approximate surface area is 112 Å². The number of halogens is 1. The summed E-state index contributed by atoms with van der Waals surface area (Å²) in [5.74, 6) is 1.73. The molecule has 2 rings (SSSR count). The van der Waals surface area contributed by atoms with Crippen molar-refractivity contribution in [1.82, 2.24) is 5.32 Å². The third-order valence-corrected chi connectivity index (χ3v) is 4.07. The third kappa shape index (κ3) is 2.83. The molecule has 0 aromatic heterocycles. The number of nitrogens with one attached hydrogen (secondary N) is 1. The normalized spacial score (nSPS) is 19.2. The molecule has 0 saturated carbocycles. The van der Waals surface area contributed by atoms with Crippen LogP contribution >= 0.6 is 15.9 Å². The zero-order chi connectivity index (χ0) is 12.4. The van der Waals surface area contributed by atoms with Crippen molar-refractivity contribution in [3.05, 3.63) is 27.7 Å². The van der Waals surface area contributed by atoms with E-state index >= 15 is 0 Å². The first-order valence-corrected chi connectivity index (χ1v) is 6.98. The Morgan fingerprint density at radius 3 is 2.82 bits per heavy atom. The van der Waals surface area contributed by atoms with E-state index in [1.807, 2.05) is 6.07 Å². The van der Waals surface area contributed by atoms with Gasteiger partial charge in [-0.1, -0.05) is 29.8 Å². The van der Waals surface area contributed by atoms with Gasteiger partial charge < -0.3 is 10.1 Å². The second kappa shape index (κ2) is 5.40. The lowest BCUT2D eigenvalue weighted by Gasteiger charge is -2.29. The maximum Gasteiger partial charge on any atom is 0.123 e. The molecule has 1 N–H and O–H groups in total. The zero-order valence-corrected chi connectivity index (χ0v) is 12.3. The molecule has 0 fully saturated rings. The number of benzene rings is 1. The highest BCUT2D eigenvalue weighted by atomic mass is 79.9. The summed E-state index contributed by atoms with van der Waals surface area (Å²) < 4.78 is 6.63. The highest BCUT2D eigenvalue weighted by Gasteiger charge is 2.23. The first-order valence-electron chi connectivity index (χ1n) is 6.19. The molecule has 1 aliphatic heterocycles.